The smallest absolute Gasteiger partial charge is 0.280 e. The Balaban J connectivity index is 1.61. The number of anilines is 1. The molecule has 0 aliphatic carbocycles. The van der Waals surface area contributed by atoms with E-state index in [4.69, 9.17) is 16.3 Å². The van der Waals surface area contributed by atoms with Crippen molar-refractivity contribution in [3.8, 4) is 0 Å². The van der Waals surface area contributed by atoms with E-state index in [1.807, 2.05) is 0 Å². The summed E-state index contributed by atoms with van der Waals surface area (Å²) in [7, 11) is -3.96. The Bertz CT molecular complexity index is 1020. The minimum atomic E-state index is -3.96. The average molecular weight is 475 g/mol. The van der Waals surface area contributed by atoms with Crippen molar-refractivity contribution >= 4 is 44.7 Å². The first-order valence-corrected chi connectivity index (χ1v) is 12.1. The second kappa shape index (κ2) is 8.85. The van der Waals surface area contributed by atoms with Crippen molar-refractivity contribution in [1.82, 2.24) is 14.0 Å². The van der Waals surface area contributed by atoms with E-state index < -0.39 is 34.0 Å². The van der Waals surface area contributed by atoms with Gasteiger partial charge in [0, 0.05) is 30.4 Å². The molecule has 2 aromatic rings. The Morgan fingerprint density at radius 3 is 2.97 bits per heavy atom. The third kappa shape index (κ3) is 4.66. The van der Waals surface area contributed by atoms with Gasteiger partial charge in [-0.25, -0.2) is 9.37 Å². The minimum absolute atomic E-state index is 0.0716. The van der Waals surface area contributed by atoms with Gasteiger partial charge < -0.3 is 10.1 Å². The molecule has 2 fully saturated rings. The normalized spacial score (nSPS) is 26.5. The Kier molecular flexibility index (Phi) is 6.37. The Morgan fingerprint density at radius 1 is 1.47 bits per heavy atom. The van der Waals surface area contributed by atoms with Crippen LogP contribution >= 0.6 is 22.9 Å². The van der Waals surface area contributed by atoms with Gasteiger partial charge in [-0.2, -0.15) is 17.4 Å². The van der Waals surface area contributed by atoms with Crippen molar-refractivity contribution in [2.24, 2.45) is 0 Å². The lowest BCUT2D eigenvalue weighted by molar-refractivity contribution is -0.120. The number of hydrogen-bond donors (Lipinski definition) is 2. The highest BCUT2D eigenvalue weighted by Gasteiger charge is 2.44. The first-order chi connectivity index (χ1) is 14.3. The van der Waals surface area contributed by atoms with Gasteiger partial charge in [0.05, 0.1) is 17.2 Å². The molecule has 2 aliphatic heterocycles. The highest BCUT2D eigenvalue weighted by atomic mass is 35.5. The molecule has 1 amide bonds. The molecular weight excluding hydrogens is 455 g/mol. The molecule has 1 aromatic carbocycles. The van der Waals surface area contributed by atoms with Crippen LogP contribution in [-0.4, -0.2) is 48.9 Å². The zero-order valence-corrected chi connectivity index (χ0v) is 18.1. The highest BCUT2D eigenvalue weighted by molar-refractivity contribution is 7.87. The molecule has 0 radical (unpaired) electrons. The van der Waals surface area contributed by atoms with Crippen molar-refractivity contribution in [3.05, 3.63) is 45.6 Å². The van der Waals surface area contributed by atoms with Gasteiger partial charge in [-0.05, 0) is 37.5 Å². The van der Waals surface area contributed by atoms with E-state index >= 15 is 0 Å². The lowest BCUT2D eigenvalue weighted by atomic mass is 10.1. The zero-order chi connectivity index (χ0) is 21.3. The molecular formula is C18H20ClFN4O4S2. The van der Waals surface area contributed by atoms with Crippen molar-refractivity contribution < 1.29 is 22.3 Å². The minimum Gasteiger partial charge on any atom is -0.377 e. The molecule has 2 aliphatic rings. The van der Waals surface area contributed by atoms with Gasteiger partial charge in [-0.3, -0.25) is 4.79 Å². The predicted octanol–water partition coefficient (Wildman–Crippen LogP) is 2.70. The van der Waals surface area contributed by atoms with Crippen LogP contribution in [0.2, 0.25) is 5.02 Å². The van der Waals surface area contributed by atoms with Gasteiger partial charge in [-0.1, -0.05) is 11.6 Å². The molecule has 162 valence electrons. The first kappa shape index (κ1) is 21.6. The molecule has 3 heterocycles. The molecule has 2 saturated heterocycles. The van der Waals surface area contributed by atoms with Crippen LogP contribution in [0.25, 0.3) is 0 Å². The fourth-order valence-electron chi connectivity index (χ4n) is 3.61. The van der Waals surface area contributed by atoms with E-state index in [0.717, 1.165) is 23.2 Å². The van der Waals surface area contributed by atoms with E-state index in [-0.39, 0.29) is 29.8 Å². The maximum atomic E-state index is 13.4. The summed E-state index contributed by atoms with van der Waals surface area (Å²) < 4.78 is 48.8. The molecule has 30 heavy (non-hydrogen) atoms. The summed E-state index contributed by atoms with van der Waals surface area (Å²) in [4.78, 5) is 17.3. The van der Waals surface area contributed by atoms with Crippen LogP contribution in [0.15, 0.2) is 29.8 Å². The molecule has 1 aromatic heterocycles. The van der Waals surface area contributed by atoms with Gasteiger partial charge in [0.25, 0.3) is 10.2 Å². The number of nitrogens with one attached hydrogen (secondary N) is 2. The van der Waals surface area contributed by atoms with Gasteiger partial charge >= 0.3 is 0 Å². The summed E-state index contributed by atoms with van der Waals surface area (Å²) >= 11 is 7.11. The molecule has 1 unspecified atom stereocenters. The van der Waals surface area contributed by atoms with E-state index in [1.54, 1.807) is 11.6 Å². The number of ether oxygens (including phenoxy) is 1. The fraction of sp³-hybridized carbons (Fsp3) is 0.444. The predicted molar refractivity (Wildman–Crippen MR) is 111 cm³/mol. The summed E-state index contributed by atoms with van der Waals surface area (Å²) in [6.07, 6.45) is 3.08. The Hall–Kier alpha value is -1.63. The molecule has 2 N–H and O–H groups in total. The van der Waals surface area contributed by atoms with Crippen molar-refractivity contribution in [1.29, 1.82) is 0 Å². The van der Waals surface area contributed by atoms with E-state index in [2.05, 4.69) is 15.0 Å². The molecule has 0 spiro atoms. The van der Waals surface area contributed by atoms with Crippen LogP contribution in [-0.2, 0) is 19.7 Å². The molecule has 8 nitrogen and oxygen atoms in total. The number of carbonyl (C=O) groups is 1. The SMILES string of the molecule is O=C(Nc1ccc(F)c(Cl)c1)[C@H]1C[C@@H](c2nccs2)NS(=O)(=O)N1CC1CCCO1. The maximum absolute atomic E-state index is 13.4. The monoisotopic (exact) mass is 474 g/mol. The Morgan fingerprint density at radius 2 is 2.30 bits per heavy atom. The highest BCUT2D eigenvalue weighted by Crippen LogP contribution is 2.32. The maximum Gasteiger partial charge on any atom is 0.280 e. The summed E-state index contributed by atoms with van der Waals surface area (Å²) in [6, 6.07) is 2.19. The van der Waals surface area contributed by atoms with Gasteiger partial charge in [0.1, 0.15) is 16.9 Å². The summed E-state index contributed by atoms with van der Waals surface area (Å²) in [5.41, 5.74) is 0.283. The van der Waals surface area contributed by atoms with Crippen molar-refractivity contribution in [2.75, 3.05) is 18.5 Å². The number of hydrogen-bond acceptors (Lipinski definition) is 6. The van der Waals surface area contributed by atoms with E-state index in [1.165, 1.54) is 23.5 Å². The summed E-state index contributed by atoms with van der Waals surface area (Å²) in [6.45, 7) is 0.640. The largest absolute Gasteiger partial charge is 0.377 e. The molecule has 12 heteroatoms. The van der Waals surface area contributed by atoms with Crippen LogP contribution in [0.1, 0.15) is 30.3 Å². The van der Waals surface area contributed by atoms with E-state index in [9.17, 15) is 17.6 Å². The molecule has 3 atom stereocenters. The topological polar surface area (TPSA) is 101 Å². The third-order valence-corrected chi connectivity index (χ3v) is 7.84. The lowest BCUT2D eigenvalue weighted by Gasteiger charge is -2.38. The summed E-state index contributed by atoms with van der Waals surface area (Å²) in [5.74, 6) is -1.13. The Labute approximate surface area is 182 Å². The first-order valence-electron chi connectivity index (χ1n) is 9.39. The fourth-order valence-corrected chi connectivity index (χ4v) is 6.15. The van der Waals surface area contributed by atoms with Gasteiger partial charge in [-0.15, -0.1) is 11.3 Å². The van der Waals surface area contributed by atoms with Crippen LogP contribution < -0.4 is 10.0 Å². The number of carbonyl (C=O) groups excluding carboxylic acids is 1. The van der Waals surface area contributed by atoms with Crippen LogP contribution in [0.4, 0.5) is 10.1 Å². The number of benzene rings is 1. The average Bonchev–Trinajstić information content (AvgIpc) is 3.40. The number of halogens is 2. The standard InChI is InChI=1S/C18H20ClFN4O4S2/c19-13-8-11(3-4-14(13)20)22-17(25)16-9-15(18-21-5-7-29-18)23-30(26,27)24(16)10-12-2-1-6-28-12/h3-5,7-8,12,15-16,23H,1-2,6,9-10H2,(H,22,25)/t12?,15-,16+/m0/s1. The third-order valence-electron chi connectivity index (χ3n) is 5.05. The molecule has 4 rings (SSSR count). The summed E-state index contributed by atoms with van der Waals surface area (Å²) in [5, 5.41) is 4.85. The van der Waals surface area contributed by atoms with Crippen molar-refractivity contribution in [3.63, 3.8) is 0 Å². The second-order valence-electron chi connectivity index (χ2n) is 7.12. The lowest BCUT2D eigenvalue weighted by Crippen LogP contribution is -2.59. The molecule has 0 bridgehead atoms. The van der Waals surface area contributed by atoms with Crippen LogP contribution in [0, 0.1) is 5.82 Å². The van der Waals surface area contributed by atoms with Gasteiger partial charge in [0.15, 0.2) is 0 Å². The van der Waals surface area contributed by atoms with Crippen molar-refractivity contribution in [2.45, 2.75) is 37.5 Å². The van der Waals surface area contributed by atoms with Gasteiger partial charge in [0.2, 0.25) is 5.91 Å². The van der Waals surface area contributed by atoms with Crippen LogP contribution in [0.3, 0.4) is 0 Å². The zero-order valence-electron chi connectivity index (χ0n) is 15.8. The number of thiazole rings is 1. The number of amides is 1. The van der Waals surface area contributed by atoms with Crippen LogP contribution in [0.5, 0.6) is 0 Å². The molecule has 0 saturated carbocycles. The quantitative estimate of drug-likeness (QED) is 0.694. The second-order valence-corrected chi connectivity index (χ2v) is 10.1. The number of aromatic nitrogens is 1. The van der Waals surface area contributed by atoms with E-state index in [0.29, 0.717) is 11.6 Å². The number of rotatable bonds is 5. The number of nitrogens with zero attached hydrogens (tertiary/aromatic N) is 2.